The lowest BCUT2D eigenvalue weighted by Gasteiger charge is -2.05. The van der Waals surface area contributed by atoms with Gasteiger partial charge in [0.05, 0.1) is 10.6 Å². The number of hydrogen-bond acceptors (Lipinski definition) is 3. The summed E-state index contributed by atoms with van der Waals surface area (Å²) in [5, 5.41) is 2.66. The fraction of sp³-hybridized carbons (Fsp3) is 0.308. The number of rotatable bonds is 4. The molecule has 0 unspecified atom stereocenters. The molecule has 1 amide bonds. The van der Waals surface area contributed by atoms with Crippen LogP contribution in [0.25, 0.3) is 0 Å². The number of benzene rings is 1. The van der Waals surface area contributed by atoms with Gasteiger partial charge in [0, 0.05) is 11.8 Å². The van der Waals surface area contributed by atoms with Gasteiger partial charge in [0.1, 0.15) is 0 Å². The van der Waals surface area contributed by atoms with Crippen molar-refractivity contribution in [1.82, 2.24) is 0 Å². The lowest BCUT2D eigenvalue weighted by Crippen LogP contribution is -2.09. The van der Waals surface area contributed by atoms with Crippen LogP contribution in [0.3, 0.4) is 0 Å². The highest BCUT2D eigenvalue weighted by atomic mass is 32.2. The highest BCUT2D eigenvalue weighted by molar-refractivity contribution is 7.91. The zero-order valence-corrected chi connectivity index (χ0v) is 11.5. The Labute approximate surface area is 108 Å². The third-order valence-electron chi connectivity index (χ3n) is 2.28. The van der Waals surface area contributed by atoms with Gasteiger partial charge in [-0.1, -0.05) is 12.5 Å². The number of anilines is 1. The third-order valence-corrected chi connectivity index (χ3v) is 4.03. The minimum absolute atomic E-state index is 0.0659. The number of hydrogen-bond donors (Lipinski definition) is 1. The van der Waals surface area contributed by atoms with Crippen molar-refractivity contribution < 1.29 is 13.2 Å². The first-order valence-corrected chi connectivity index (χ1v) is 7.29. The van der Waals surface area contributed by atoms with Gasteiger partial charge in [-0.2, -0.15) is 0 Å². The van der Waals surface area contributed by atoms with Gasteiger partial charge in [-0.15, -0.1) is 0 Å². The molecule has 0 aliphatic carbocycles. The zero-order chi connectivity index (χ0) is 13.8. The minimum Gasteiger partial charge on any atom is -0.323 e. The lowest BCUT2D eigenvalue weighted by molar-refractivity contribution is -0.111. The summed E-state index contributed by atoms with van der Waals surface area (Å²) in [6.45, 7) is 5.26. The molecule has 0 saturated heterocycles. The van der Waals surface area contributed by atoms with Crippen LogP contribution in [0.5, 0.6) is 0 Å². The van der Waals surface area contributed by atoms with E-state index in [0.717, 1.165) is 5.57 Å². The highest BCUT2D eigenvalue weighted by Crippen LogP contribution is 2.15. The number of carbonyl (C=O) groups is 1. The maximum Gasteiger partial charge on any atom is 0.248 e. The number of amides is 1. The van der Waals surface area contributed by atoms with E-state index in [1.807, 2.05) is 13.8 Å². The zero-order valence-electron chi connectivity index (χ0n) is 10.7. The van der Waals surface area contributed by atoms with Gasteiger partial charge < -0.3 is 5.32 Å². The van der Waals surface area contributed by atoms with Crippen molar-refractivity contribution in [3.63, 3.8) is 0 Å². The first kappa shape index (κ1) is 14.4. The molecule has 1 N–H and O–H groups in total. The molecule has 0 saturated carbocycles. The van der Waals surface area contributed by atoms with Crippen molar-refractivity contribution in [3.05, 3.63) is 35.9 Å². The van der Waals surface area contributed by atoms with Gasteiger partial charge >= 0.3 is 0 Å². The maximum atomic E-state index is 11.6. The first-order chi connectivity index (χ1) is 8.35. The fourth-order valence-corrected chi connectivity index (χ4v) is 2.24. The molecule has 0 fully saturated rings. The number of nitrogens with one attached hydrogen (secondary N) is 1. The van der Waals surface area contributed by atoms with Crippen LogP contribution in [-0.2, 0) is 14.6 Å². The monoisotopic (exact) mass is 267 g/mol. The molecule has 0 aromatic heterocycles. The second-order valence-corrected chi connectivity index (χ2v) is 6.42. The van der Waals surface area contributed by atoms with Crippen molar-refractivity contribution >= 4 is 21.4 Å². The van der Waals surface area contributed by atoms with E-state index in [-0.39, 0.29) is 16.6 Å². The predicted octanol–water partition coefficient (Wildman–Crippen LogP) is 2.38. The van der Waals surface area contributed by atoms with Gasteiger partial charge in [0.2, 0.25) is 5.91 Å². The summed E-state index contributed by atoms with van der Waals surface area (Å²) in [6, 6.07) is 6.16. The second-order valence-electron chi connectivity index (χ2n) is 4.14. The normalized spacial score (nSPS) is 10.8. The van der Waals surface area contributed by atoms with E-state index in [1.165, 1.54) is 18.2 Å². The molecular formula is C13H17NO3S. The van der Waals surface area contributed by atoms with E-state index >= 15 is 0 Å². The molecule has 5 heteroatoms. The lowest BCUT2D eigenvalue weighted by atomic mass is 10.3. The number of carbonyl (C=O) groups excluding carboxylic acids is 1. The molecule has 0 heterocycles. The van der Waals surface area contributed by atoms with Crippen molar-refractivity contribution in [2.75, 3.05) is 11.1 Å². The Morgan fingerprint density at radius 3 is 2.22 bits per heavy atom. The van der Waals surface area contributed by atoms with Crippen LogP contribution in [0.4, 0.5) is 5.69 Å². The molecule has 1 rings (SSSR count). The standard InChI is InChI=1S/C13H17NO3S/c1-4-18(16,17)12-7-5-11(6-8-12)14-13(15)9-10(2)3/h5-9H,4H2,1-3H3,(H,14,15). The Morgan fingerprint density at radius 2 is 1.78 bits per heavy atom. The van der Waals surface area contributed by atoms with E-state index in [2.05, 4.69) is 5.32 Å². The summed E-state index contributed by atoms with van der Waals surface area (Å²) in [7, 11) is -3.19. The molecular weight excluding hydrogens is 250 g/mol. The van der Waals surface area contributed by atoms with Crippen LogP contribution in [0.15, 0.2) is 40.8 Å². The van der Waals surface area contributed by atoms with Crippen LogP contribution >= 0.6 is 0 Å². The third kappa shape index (κ3) is 4.00. The van der Waals surface area contributed by atoms with Crippen molar-refractivity contribution in [1.29, 1.82) is 0 Å². The van der Waals surface area contributed by atoms with Crippen LogP contribution in [0.1, 0.15) is 20.8 Å². The number of sulfone groups is 1. The van der Waals surface area contributed by atoms with Crippen molar-refractivity contribution in [2.45, 2.75) is 25.7 Å². The molecule has 0 atom stereocenters. The molecule has 98 valence electrons. The summed E-state index contributed by atoms with van der Waals surface area (Å²) in [4.78, 5) is 11.7. The van der Waals surface area contributed by atoms with E-state index in [1.54, 1.807) is 19.1 Å². The Morgan fingerprint density at radius 1 is 1.22 bits per heavy atom. The molecule has 0 aliphatic heterocycles. The molecule has 4 nitrogen and oxygen atoms in total. The smallest absolute Gasteiger partial charge is 0.248 e. The molecule has 1 aromatic carbocycles. The summed E-state index contributed by atoms with van der Waals surface area (Å²) < 4.78 is 23.2. The minimum atomic E-state index is -3.19. The molecule has 0 spiro atoms. The van der Waals surface area contributed by atoms with Crippen LogP contribution in [0.2, 0.25) is 0 Å². The van der Waals surface area contributed by atoms with Crippen molar-refractivity contribution in [2.24, 2.45) is 0 Å². The average molecular weight is 267 g/mol. The Bertz CT molecular complexity index is 552. The van der Waals surface area contributed by atoms with E-state index < -0.39 is 9.84 Å². The molecule has 18 heavy (non-hydrogen) atoms. The maximum absolute atomic E-state index is 11.6. The predicted molar refractivity (Wildman–Crippen MR) is 72.2 cm³/mol. The van der Waals surface area contributed by atoms with Crippen LogP contribution in [0, 0.1) is 0 Å². The first-order valence-electron chi connectivity index (χ1n) is 5.64. The van der Waals surface area contributed by atoms with Crippen LogP contribution < -0.4 is 5.32 Å². The SMILES string of the molecule is CCS(=O)(=O)c1ccc(NC(=O)C=C(C)C)cc1. The topological polar surface area (TPSA) is 63.2 Å². The van der Waals surface area contributed by atoms with Crippen molar-refractivity contribution in [3.8, 4) is 0 Å². The highest BCUT2D eigenvalue weighted by Gasteiger charge is 2.10. The van der Waals surface area contributed by atoms with E-state index in [4.69, 9.17) is 0 Å². The van der Waals surface area contributed by atoms with Crippen LogP contribution in [-0.4, -0.2) is 20.1 Å². The summed E-state index contributed by atoms with van der Waals surface area (Å²) in [6.07, 6.45) is 1.48. The van der Waals surface area contributed by atoms with Gasteiger partial charge in [-0.3, -0.25) is 4.79 Å². The van der Waals surface area contributed by atoms with E-state index in [0.29, 0.717) is 5.69 Å². The Hall–Kier alpha value is -1.62. The molecule has 0 radical (unpaired) electrons. The molecule has 1 aromatic rings. The molecule has 0 bridgehead atoms. The summed E-state index contributed by atoms with van der Waals surface area (Å²) in [5.41, 5.74) is 1.48. The fourth-order valence-electron chi connectivity index (χ4n) is 1.35. The quantitative estimate of drug-likeness (QED) is 0.852. The Balaban J connectivity index is 2.85. The van der Waals surface area contributed by atoms with E-state index in [9.17, 15) is 13.2 Å². The molecule has 0 aliphatic rings. The largest absolute Gasteiger partial charge is 0.323 e. The van der Waals surface area contributed by atoms with Gasteiger partial charge in [0.15, 0.2) is 9.84 Å². The van der Waals surface area contributed by atoms with Gasteiger partial charge in [-0.25, -0.2) is 8.42 Å². The average Bonchev–Trinajstić information content (AvgIpc) is 2.28. The van der Waals surface area contributed by atoms with Gasteiger partial charge in [-0.05, 0) is 38.1 Å². The summed E-state index contributed by atoms with van der Waals surface area (Å²) in [5.74, 6) is -0.155. The number of allylic oxidation sites excluding steroid dienone is 1. The second kappa shape index (κ2) is 5.82. The van der Waals surface area contributed by atoms with Gasteiger partial charge in [0.25, 0.3) is 0 Å². The Kier molecular flexibility index (Phi) is 4.67. The summed E-state index contributed by atoms with van der Waals surface area (Å²) >= 11 is 0.